The smallest absolute Gasteiger partial charge is 0.330 e. The summed E-state index contributed by atoms with van der Waals surface area (Å²) in [5.41, 5.74) is 6.31. The number of alkyl halides is 3. The summed E-state index contributed by atoms with van der Waals surface area (Å²) in [5, 5.41) is 0. The molecule has 1 heterocycles. The Labute approximate surface area is 121 Å². The second-order valence-corrected chi connectivity index (χ2v) is 4.74. The minimum Gasteiger partial charge on any atom is -0.330 e. The molecule has 0 atom stereocenters. The largest absolute Gasteiger partial charge is 0.416 e. The summed E-state index contributed by atoms with van der Waals surface area (Å²) < 4.78 is 37.4. The number of aromatic nitrogens is 2. The zero-order valence-corrected chi connectivity index (χ0v) is 11.4. The summed E-state index contributed by atoms with van der Waals surface area (Å²) in [6, 6.07) is 4.83. The topological polar surface area (TPSA) is 51.8 Å². The molecule has 0 aliphatic heterocycles. The normalized spacial score (nSPS) is 11.6. The fourth-order valence-corrected chi connectivity index (χ4v) is 1.91. The van der Waals surface area contributed by atoms with Gasteiger partial charge in [-0.1, -0.05) is 12.1 Å². The van der Waals surface area contributed by atoms with Gasteiger partial charge in [0, 0.05) is 18.0 Å². The van der Waals surface area contributed by atoms with E-state index in [1.165, 1.54) is 12.1 Å². The van der Waals surface area contributed by atoms with Gasteiger partial charge in [-0.2, -0.15) is 13.2 Å². The molecule has 2 aromatic rings. The van der Waals surface area contributed by atoms with Crippen LogP contribution in [0, 0.1) is 0 Å². The number of hydrogen-bond donors (Lipinski definition) is 1. The first-order valence-electron chi connectivity index (χ1n) is 6.69. The predicted molar refractivity (Wildman–Crippen MR) is 74.5 cm³/mol. The molecule has 0 amide bonds. The molecule has 0 aliphatic rings. The van der Waals surface area contributed by atoms with Crippen LogP contribution in [0.1, 0.15) is 24.0 Å². The Bertz CT molecular complexity index is 562. The summed E-state index contributed by atoms with van der Waals surface area (Å²) >= 11 is 0. The fourth-order valence-electron chi connectivity index (χ4n) is 1.91. The third-order valence-corrected chi connectivity index (χ3v) is 3.10. The summed E-state index contributed by atoms with van der Waals surface area (Å²) in [4.78, 5) is 8.39. The Morgan fingerprint density at radius 2 is 1.57 bits per heavy atom. The number of rotatable bonds is 5. The van der Waals surface area contributed by atoms with Crippen molar-refractivity contribution in [3.8, 4) is 11.4 Å². The molecule has 2 N–H and O–H groups in total. The highest BCUT2D eigenvalue weighted by molar-refractivity contribution is 5.55. The molecule has 0 bridgehead atoms. The van der Waals surface area contributed by atoms with Gasteiger partial charge in [0.05, 0.1) is 5.56 Å². The van der Waals surface area contributed by atoms with Crippen molar-refractivity contribution in [1.29, 1.82) is 0 Å². The van der Waals surface area contributed by atoms with Crippen molar-refractivity contribution in [2.75, 3.05) is 6.54 Å². The molecule has 6 heteroatoms. The van der Waals surface area contributed by atoms with E-state index in [0.717, 1.165) is 37.0 Å². The number of nitrogens with zero attached hydrogens (tertiary/aromatic N) is 2. The maximum absolute atomic E-state index is 12.5. The molecule has 0 spiro atoms. The van der Waals surface area contributed by atoms with Gasteiger partial charge in [0.25, 0.3) is 0 Å². The standard InChI is InChI=1S/C15H16F3N3/c16-15(17,18)13-6-4-12(5-7-13)14-20-9-11(10-21-14)3-1-2-8-19/h4-7,9-10H,1-3,8,19H2. The SMILES string of the molecule is NCCCCc1cnc(-c2ccc(C(F)(F)F)cc2)nc1. The Morgan fingerprint density at radius 1 is 0.952 bits per heavy atom. The summed E-state index contributed by atoms with van der Waals surface area (Å²) in [7, 11) is 0. The van der Waals surface area contributed by atoms with Crippen LogP contribution in [0.4, 0.5) is 13.2 Å². The van der Waals surface area contributed by atoms with E-state index in [4.69, 9.17) is 5.73 Å². The molecule has 0 saturated carbocycles. The minimum atomic E-state index is -4.33. The quantitative estimate of drug-likeness (QED) is 0.860. The van der Waals surface area contributed by atoms with Gasteiger partial charge in [-0.3, -0.25) is 0 Å². The van der Waals surface area contributed by atoms with Crippen molar-refractivity contribution in [2.45, 2.75) is 25.4 Å². The van der Waals surface area contributed by atoms with Crippen molar-refractivity contribution in [1.82, 2.24) is 9.97 Å². The number of hydrogen-bond acceptors (Lipinski definition) is 3. The van der Waals surface area contributed by atoms with Crippen LogP contribution in [0.15, 0.2) is 36.7 Å². The first-order chi connectivity index (χ1) is 10.0. The second kappa shape index (κ2) is 6.67. The van der Waals surface area contributed by atoms with Gasteiger partial charge >= 0.3 is 6.18 Å². The lowest BCUT2D eigenvalue weighted by molar-refractivity contribution is -0.137. The number of halogens is 3. The maximum atomic E-state index is 12.5. The highest BCUT2D eigenvalue weighted by Gasteiger charge is 2.30. The molecular formula is C15H16F3N3. The third-order valence-electron chi connectivity index (χ3n) is 3.10. The van der Waals surface area contributed by atoms with Gasteiger partial charge in [0.1, 0.15) is 0 Å². The van der Waals surface area contributed by atoms with Crippen molar-refractivity contribution < 1.29 is 13.2 Å². The van der Waals surface area contributed by atoms with Crippen LogP contribution in [0.3, 0.4) is 0 Å². The molecule has 0 saturated heterocycles. The summed E-state index contributed by atoms with van der Waals surface area (Å²) in [5.74, 6) is 0.422. The van der Waals surface area contributed by atoms with Crippen LogP contribution in [0.5, 0.6) is 0 Å². The number of aryl methyl sites for hydroxylation is 1. The minimum absolute atomic E-state index is 0.422. The molecule has 0 aliphatic carbocycles. The van der Waals surface area contributed by atoms with Crippen LogP contribution < -0.4 is 5.73 Å². The Hall–Kier alpha value is -1.95. The van der Waals surface area contributed by atoms with E-state index in [0.29, 0.717) is 17.9 Å². The average Bonchev–Trinajstić information content (AvgIpc) is 2.48. The molecule has 0 unspecified atom stereocenters. The molecule has 2 rings (SSSR count). The van der Waals surface area contributed by atoms with E-state index in [2.05, 4.69) is 9.97 Å². The third kappa shape index (κ3) is 4.26. The molecule has 21 heavy (non-hydrogen) atoms. The zero-order chi connectivity index (χ0) is 15.3. The van der Waals surface area contributed by atoms with Crippen LogP contribution in [0.25, 0.3) is 11.4 Å². The van der Waals surface area contributed by atoms with Crippen molar-refractivity contribution in [3.05, 3.63) is 47.8 Å². The van der Waals surface area contributed by atoms with E-state index < -0.39 is 11.7 Å². The summed E-state index contributed by atoms with van der Waals surface area (Å²) in [6.07, 6.45) is 1.85. The van der Waals surface area contributed by atoms with E-state index in [9.17, 15) is 13.2 Å². The van der Waals surface area contributed by atoms with Crippen LogP contribution in [-0.4, -0.2) is 16.5 Å². The van der Waals surface area contributed by atoms with Gasteiger partial charge in [-0.15, -0.1) is 0 Å². The maximum Gasteiger partial charge on any atom is 0.416 e. The van der Waals surface area contributed by atoms with Crippen molar-refractivity contribution in [2.24, 2.45) is 5.73 Å². The first kappa shape index (κ1) is 15.4. The number of nitrogens with two attached hydrogens (primary N) is 1. The Kier molecular flexibility index (Phi) is 4.90. The molecule has 0 radical (unpaired) electrons. The molecule has 112 valence electrons. The summed E-state index contributed by atoms with van der Waals surface area (Å²) in [6.45, 7) is 0.657. The number of unbranched alkanes of at least 4 members (excludes halogenated alkanes) is 1. The number of benzene rings is 1. The van der Waals surface area contributed by atoms with Crippen LogP contribution in [0.2, 0.25) is 0 Å². The van der Waals surface area contributed by atoms with Gasteiger partial charge in [0.15, 0.2) is 5.82 Å². The van der Waals surface area contributed by atoms with E-state index in [-0.39, 0.29) is 0 Å². The van der Waals surface area contributed by atoms with Crippen molar-refractivity contribution in [3.63, 3.8) is 0 Å². The Balaban J connectivity index is 2.08. The van der Waals surface area contributed by atoms with Crippen LogP contribution in [-0.2, 0) is 12.6 Å². The van der Waals surface area contributed by atoms with E-state index >= 15 is 0 Å². The lowest BCUT2D eigenvalue weighted by Crippen LogP contribution is -2.04. The van der Waals surface area contributed by atoms with E-state index in [1.54, 1.807) is 12.4 Å². The lowest BCUT2D eigenvalue weighted by atomic mass is 10.1. The fraction of sp³-hybridized carbons (Fsp3) is 0.333. The lowest BCUT2D eigenvalue weighted by Gasteiger charge is -2.07. The van der Waals surface area contributed by atoms with Gasteiger partial charge in [0.2, 0.25) is 0 Å². The van der Waals surface area contributed by atoms with Crippen molar-refractivity contribution >= 4 is 0 Å². The monoisotopic (exact) mass is 295 g/mol. The molecule has 1 aromatic carbocycles. The predicted octanol–water partition coefficient (Wildman–Crippen LogP) is 3.44. The highest BCUT2D eigenvalue weighted by atomic mass is 19.4. The van der Waals surface area contributed by atoms with E-state index in [1.807, 2.05) is 0 Å². The molecule has 1 aromatic heterocycles. The highest BCUT2D eigenvalue weighted by Crippen LogP contribution is 2.30. The molecular weight excluding hydrogens is 279 g/mol. The second-order valence-electron chi connectivity index (χ2n) is 4.74. The van der Waals surface area contributed by atoms with Gasteiger partial charge in [-0.05, 0) is 43.5 Å². The first-order valence-corrected chi connectivity index (χ1v) is 6.69. The Morgan fingerprint density at radius 3 is 2.10 bits per heavy atom. The van der Waals surface area contributed by atoms with Crippen LogP contribution >= 0.6 is 0 Å². The molecule has 0 fully saturated rings. The van der Waals surface area contributed by atoms with Gasteiger partial charge < -0.3 is 5.73 Å². The van der Waals surface area contributed by atoms with Gasteiger partial charge in [-0.25, -0.2) is 9.97 Å². The molecule has 3 nitrogen and oxygen atoms in total. The average molecular weight is 295 g/mol. The zero-order valence-electron chi connectivity index (χ0n) is 11.4.